The zero-order chi connectivity index (χ0) is 13.2. The first-order valence-electron chi connectivity index (χ1n) is 6.01. The Hall–Kier alpha value is -1.00. The smallest absolute Gasteiger partial charge is 0.167 e. The van der Waals surface area contributed by atoms with Crippen LogP contribution in [0.4, 0.5) is 5.82 Å². The van der Waals surface area contributed by atoms with Crippen LogP contribution in [0.15, 0.2) is 12.7 Å². The molecule has 2 N–H and O–H groups in total. The zero-order valence-corrected chi connectivity index (χ0v) is 12.4. The maximum atomic E-state index is 5.95. The number of hydrogen-bond donors (Lipinski definition) is 1. The van der Waals surface area contributed by atoms with Crippen molar-refractivity contribution in [3.8, 4) is 0 Å². The van der Waals surface area contributed by atoms with Crippen molar-refractivity contribution >= 4 is 39.6 Å². The van der Waals surface area contributed by atoms with E-state index in [2.05, 4.69) is 37.5 Å². The van der Waals surface area contributed by atoms with Crippen molar-refractivity contribution in [3.05, 3.63) is 12.7 Å². The van der Waals surface area contributed by atoms with E-state index in [1.807, 2.05) is 4.57 Å². The summed E-state index contributed by atoms with van der Waals surface area (Å²) in [5, 5.41) is 0. The summed E-state index contributed by atoms with van der Waals surface area (Å²) in [6, 6.07) is 0. The van der Waals surface area contributed by atoms with Gasteiger partial charge in [-0.1, -0.05) is 22.6 Å². The van der Waals surface area contributed by atoms with Crippen LogP contribution in [0, 0.1) is 0 Å². The minimum Gasteiger partial charge on any atom is -0.382 e. The molecule has 1 aliphatic heterocycles. The van der Waals surface area contributed by atoms with Gasteiger partial charge in [0.25, 0.3) is 0 Å². The highest BCUT2D eigenvalue weighted by molar-refractivity contribution is 14.1. The Morgan fingerprint density at radius 2 is 2.32 bits per heavy atom. The molecule has 19 heavy (non-hydrogen) atoms. The van der Waals surface area contributed by atoms with Crippen LogP contribution in [-0.2, 0) is 9.47 Å². The molecule has 2 aromatic rings. The Kier molecular flexibility index (Phi) is 3.80. The fourth-order valence-corrected chi connectivity index (χ4v) is 2.53. The fourth-order valence-electron chi connectivity index (χ4n) is 2.27. The van der Waals surface area contributed by atoms with Gasteiger partial charge in [0.1, 0.15) is 18.1 Å². The van der Waals surface area contributed by atoms with Crippen molar-refractivity contribution in [3.63, 3.8) is 0 Å². The van der Waals surface area contributed by atoms with E-state index in [4.69, 9.17) is 15.2 Å². The molecule has 8 heteroatoms. The molecule has 3 heterocycles. The maximum Gasteiger partial charge on any atom is 0.167 e. The molecule has 0 radical (unpaired) electrons. The Labute approximate surface area is 123 Å². The van der Waals surface area contributed by atoms with Gasteiger partial charge in [0.2, 0.25) is 0 Å². The van der Waals surface area contributed by atoms with E-state index in [9.17, 15) is 0 Å². The van der Waals surface area contributed by atoms with Gasteiger partial charge in [-0.05, 0) is 12.8 Å². The summed E-state index contributed by atoms with van der Waals surface area (Å²) in [6.45, 7) is 0.628. The van der Waals surface area contributed by atoms with Gasteiger partial charge in [-0.3, -0.25) is 4.57 Å². The number of nitrogens with zero attached hydrogens (tertiary/aromatic N) is 4. The van der Waals surface area contributed by atoms with Gasteiger partial charge in [0, 0.05) is 0 Å². The average Bonchev–Trinajstić information content (AvgIpc) is 3.02. The first kappa shape index (κ1) is 13.0. The Morgan fingerprint density at radius 3 is 3.16 bits per heavy atom. The Bertz CT molecular complexity index is 575. The minimum absolute atomic E-state index is 0.0536. The molecule has 7 nitrogen and oxygen atoms in total. The van der Waals surface area contributed by atoms with E-state index in [1.54, 1.807) is 6.33 Å². The molecule has 0 amide bonds. The van der Waals surface area contributed by atoms with E-state index >= 15 is 0 Å². The molecule has 0 aromatic carbocycles. The van der Waals surface area contributed by atoms with Crippen LogP contribution >= 0.6 is 22.6 Å². The van der Waals surface area contributed by atoms with Gasteiger partial charge in [0.05, 0.1) is 23.7 Å². The number of fused-ring (bicyclic) bond motifs is 1. The van der Waals surface area contributed by atoms with Crippen LogP contribution in [0.2, 0.25) is 0 Å². The SMILES string of the molecule is Nc1ncnc2c1ncn2C1CC[C@@H](COCI)O1. The summed E-state index contributed by atoms with van der Waals surface area (Å²) < 4.78 is 13.9. The van der Waals surface area contributed by atoms with Gasteiger partial charge in [0.15, 0.2) is 11.5 Å². The van der Waals surface area contributed by atoms with E-state index in [0.717, 1.165) is 12.8 Å². The standard InChI is InChI=1S/C11H14IN5O2/c12-4-18-3-7-1-2-8(19-7)17-6-16-9-10(13)14-5-15-11(9)17/h5-8H,1-4H2,(H2,13,14,15)/t7-,8?/m0/s1. The number of imidazole rings is 1. The van der Waals surface area contributed by atoms with Gasteiger partial charge in [-0.2, -0.15) is 0 Å². The van der Waals surface area contributed by atoms with Crippen molar-refractivity contribution in [2.24, 2.45) is 0 Å². The summed E-state index contributed by atoms with van der Waals surface area (Å²) in [4.78, 5) is 12.4. The first-order valence-corrected chi connectivity index (χ1v) is 7.54. The summed E-state index contributed by atoms with van der Waals surface area (Å²) in [6.07, 6.45) is 5.13. The number of hydrogen-bond acceptors (Lipinski definition) is 6. The highest BCUT2D eigenvalue weighted by atomic mass is 127. The maximum absolute atomic E-state index is 5.95. The monoisotopic (exact) mass is 375 g/mol. The average molecular weight is 375 g/mol. The predicted octanol–water partition coefficient (Wildman–Crippen LogP) is 1.50. The number of rotatable bonds is 4. The molecule has 1 aliphatic rings. The van der Waals surface area contributed by atoms with Crippen LogP contribution in [0.5, 0.6) is 0 Å². The lowest BCUT2D eigenvalue weighted by Crippen LogP contribution is -2.16. The third-order valence-electron chi connectivity index (χ3n) is 3.16. The number of nitrogen functional groups attached to an aromatic ring is 1. The van der Waals surface area contributed by atoms with Gasteiger partial charge in [-0.15, -0.1) is 0 Å². The van der Waals surface area contributed by atoms with E-state index in [1.165, 1.54) is 6.33 Å². The molecule has 2 atom stereocenters. The molecule has 102 valence electrons. The molecular formula is C11H14IN5O2. The highest BCUT2D eigenvalue weighted by Gasteiger charge is 2.28. The van der Waals surface area contributed by atoms with Gasteiger partial charge >= 0.3 is 0 Å². The second kappa shape index (κ2) is 5.55. The number of anilines is 1. The second-order valence-corrected chi connectivity index (χ2v) is 4.98. The molecule has 1 fully saturated rings. The predicted molar refractivity (Wildman–Crippen MR) is 77.7 cm³/mol. The Balaban J connectivity index is 1.80. The lowest BCUT2D eigenvalue weighted by molar-refractivity contribution is -0.0311. The number of nitrogens with two attached hydrogens (primary N) is 1. The van der Waals surface area contributed by atoms with Crippen LogP contribution in [0.1, 0.15) is 19.1 Å². The topological polar surface area (TPSA) is 88.1 Å². The van der Waals surface area contributed by atoms with Crippen molar-refractivity contribution < 1.29 is 9.47 Å². The van der Waals surface area contributed by atoms with Crippen molar-refractivity contribution in [2.75, 3.05) is 17.0 Å². The summed E-state index contributed by atoms with van der Waals surface area (Å²) in [5.41, 5.74) is 7.11. The molecule has 0 aliphatic carbocycles. The third-order valence-corrected chi connectivity index (χ3v) is 3.60. The molecule has 1 saturated heterocycles. The number of halogens is 1. The quantitative estimate of drug-likeness (QED) is 0.644. The van der Waals surface area contributed by atoms with Crippen LogP contribution in [-0.4, -0.2) is 36.8 Å². The summed E-state index contributed by atoms with van der Waals surface area (Å²) in [5.74, 6) is 0.395. The largest absolute Gasteiger partial charge is 0.382 e. The third kappa shape index (κ3) is 2.51. The molecule has 0 spiro atoms. The van der Waals surface area contributed by atoms with E-state index < -0.39 is 0 Å². The lowest BCUT2D eigenvalue weighted by atomic mass is 10.2. The van der Waals surface area contributed by atoms with Crippen LogP contribution < -0.4 is 5.73 Å². The Morgan fingerprint density at radius 1 is 1.42 bits per heavy atom. The zero-order valence-electron chi connectivity index (χ0n) is 10.2. The summed E-state index contributed by atoms with van der Waals surface area (Å²) >= 11 is 2.18. The van der Waals surface area contributed by atoms with Gasteiger partial charge in [-0.25, -0.2) is 15.0 Å². The molecule has 3 rings (SSSR count). The molecular weight excluding hydrogens is 361 g/mol. The molecule has 0 saturated carbocycles. The molecule has 0 bridgehead atoms. The van der Waals surface area contributed by atoms with Crippen molar-refractivity contribution in [2.45, 2.75) is 25.2 Å². The van der Waals surface area contributed by atoms with Crippen molar-refractivity contribution in [1.29, 1.82) is 0 Å². The fraction of sp³-hybridized carbons (Fsp3) is 0.545. The van der Waals surface area contributed by atoms with Gasteiger partial charge < -0.3 is 15.2 Å². The van der Waals surface area contributed by atoms with Crippen LogP contribution in [0.3, 0.4) is 0 Å². The second-order valence-electron chi connectivity index (χ2n) is 4.35. The molecule has 2 aromatic heterocycles. The van der Waals surface area contributed by atoms with Crippen LogP contribution in [0.25, 0.3) is 11.2 Å². The molecule has 1 unspecified atom stereocenters. The van der Waals surface area contributed by atoms with Crippen molar-refractivity contribution in [1.82, 2.24) is 19.5 Å². The van der Waals surface area contributed by atoms with E-state index in [0.29, 0.717) is 28.2 Å². The lowest BCUT2D eigenvalue weighted by Gasteiger charge is -2.14. The number of aromatic nitrogens is 4. The van der Waals surface area contributed by atoms with E-state index in [-0.39, 0.29) is 12.3 Å². The highest BCUT2D eigenvalue weighted by Crippen LogP contribution is 2.31. The summed E-state index contributed by atoms with van der Waals surface area (Å²) in [7, 11) is 0. The number of alkyl halides is 1. The number of ether oxygens (including phenoxy) is 2. The first-order chi connectivity index (χ1) is 9.29. The normalized spacial score (nSPS) is 23.2. The minimum atomic E-state index is -0.0536.